The van der Waals surface area contributed by atoms with Crippen LogP contribution in [0, 0.1) is 5.92 Å². The first-order valence-electron chi connectivity index (χ1n) is 5.11. The fourth-order valence-corrected chi connectivity index (χ4v) is 2.71. The minimum Gasteiger partial charge on any atom is -0.396 e. The highest BCUT2D eigenvalue weighted by Crippen LogP contribution is 2.37. The van der Waals surface area contributed by atoms with Crippen molar-refractivity contribution in [3.63, 3.8) is 0 Å². The van der Waals surface area contributed by atoms with Crippen LogP contribution in [0.15, 0.2) is 0 Å². The molecule has 1 saturated heterocycles. The molecule has 0 spiro atoms. The number of rotatable bonds is 4. The van der Waals surface area contributed by atoms with Gasteiger partial charge in [0.25, 0.3) is 0 Å². The number of carbonyl (C=O) groups excluding carboxylic acids is 1. The molecule has 82 valence electrons. The minimum absolute atomic E-state index is 0.125. The molecule has 0 bridgehead atoms. The summed E-state index contributed by atoms with van der Waals surface area (Å²) in [6, 6.07) is 0. The second-order valence-electron chi connectivity index (χ2n) is 4.18. The van der Waals surface area contributed by atoms with E-state index in [1.165, 1.54) is 0 Å². The molecule has 14 heavy (non-hydrogen) atoms. The Hall–Kier alpha value is -0.220. The van der Waals surface area contributed by atoms with Gasteiger partial charge in [-0.1, -0.05) is 6.92 Å². The molecule has 0 aromatic rings. The normalized spacial score (nSPS) is 28.8. The summed E-state index contributed by atoms with van der Waals surface area (Å²) in [6.45, 7) is 4.63. The van der Waals surface area contributed by atoms with Gasteiger partial charge in [-0.15, -0.1) is 11.8 Å². The topological polar surface area (TPSA) is 49.3 Å². The van der Waals surface area contributed by atoms with Crippen LogP contribution in [0.25, 0.3) is 0 Å². The van der Waals surface area contributed by atoms with Gasteiger partial charge in [-0.3, -0.25) is 4.79 Å². The Morgan fingerprint density at radius 2 is 2.43 bits per heavy atom. The van der Waals surface area contributed by atoms with E-state index in [4.69, 9.17) is 5.11 Å². The zero-order chi connectivity index (χ0) is 10.6. The number of hydrogen-bond donors (Lipinski definition) is 2. The van der Waals surface area contributed by atoms with Crippen molar-refractivity contribution in [3.05, 3.63) is 0 Å². The van der Waals surface area contributed by atoms with Gasteiger partial charge in [0.1, 0.15) is 0 Å². The predicted octanol–water partition coefficient (Wildman–Crippen LogP) is 1.02. The first-order valence-corrected chi connectivity index (χ1v) is 6.10. The average molecular weight is 217 g/mol. The first kappa shape index (κ1) is 11.9. The summed E-state index contributed by atoms with van der Waals surface area (Å²) in [6.07, 6.45) is 2.10. The molecule has 1 fully saturated rings. The molecule has 4 heteroatoms. The third kappa shape index (κ3) is 2.89. The molecule has 3 nitrogen and oxygen atoms in total. The summed E-state index contributed by atoms with van der Waals surface area (Å²) in [4.78, 5) is 11.8. The lowest BCUT2D eigenvalue weighted by atomic mass is 10.0. The molecule has 0 radical (unpaired) electrons. The summed E-state index contributed by atoms with van der Waals surface area (Å²) >= 11 is 1.74. The van der Waals surface area contributed by atoms with Crippen molar-refractivity contribution in [1.82, 2.24) is 5.32 Å². The Kier molecular flexibility index (Phi) is 4.26. The highest BCUT2D eigenvalue weighted by atomic mass is 32.2. The minimum atomic E-state index is -0.227. The van der Waals surface area contributed by atoms with Crippen LogP contribution < -0.4 is 5.32 Å². The van der Waals surface area contributed by atoms with Crippen LogP contribution in [0.1, 0.15) is 26.7 Å². The maximum Gasteiger partial charge on any atom is 0.235 e. The summed E-state index contributed by atoms with van der Waals surface area (Å²) in [7, 11) is 0. The van der Waals surface area contributed by atoms with Crippen LogP contribution in [-0.2, 0) is 4.79 Å². The third-order valence-electron chi connectivity index (χ3n) is 2.62. The van der Waals surface area contributed by atoms with Crippen LogP contribution in [0.4, 0.5) is 0 Å². The van der Waals surface area contributed by atoms with Crippen molar-refractivity contribution in [2.24, 2.45) is 5.92 Å². The highest BCUT2D eigenvalue weighted by Gasteiger charge is 2.36. The molecular formula is C10H19NO2S. The monoisotopic (exact) mass is 217 g/mol. The Bertz CT molecular complexity index is 202. The van der Waals surface area contributed by atoms with Gasteiger partial charge < -0.3 is 10.4 Å². The van der Waals surface area contributed by atoms with Gasteiger partial charge in [0.2, 0.25) is 5.91 Å². The Balaban J connectivity index is 2.34. The summed E-state index contributed by atoms with van der Waals surface area (Å²) in [5.74, 6) is 1.36. The molecule has 1 aliphatic rings. The van der Waals surface area contributed by atoms with Gasteiger partial charge in [-0.05, 0) is 31.4 Å². The standard InChI is InChI=1S/C10H19NO2S/c1-8(7-12)6-11-9(13)10(2)4-3-5-14-10/h8,12H,3-7H2,1-2H3,(H,11,13). The molecule has 1 heterocycles. The van der Waals surface area contributed by atoms with Crippen molar-refractivity contribution in [2.45, 2.75) is 31.4 Å². The second-order valence-corrected chi connectivity index (χ2v) is 5.78. The molecule has 0 aromatic carbocycles. The predicted molar refractivity (Wildman–Crippen MR) is 59.4 cm³/mol. The number of carbonyl (C=O) groups is 1. The number of amides is 1. The van der Waals surface area contributed by atoms with E-state index in [-0.39, 0.29) is 23.2 Å². The zero-order valence-electron chi connectivity index (χ0n) is 8.88. The van der Waals surface area contributed by atoms with E-state index in [0.717, 1.165) is 18.6 Å². The molecule has 2 atom stereocenters. The largest absolute Gasteiger partial charge is 0.396 e. The molecular weight excluding hydrogens is 198 g/mol. The maximum absolute atomic E-state index is 11.8. The molecule has 1 amide bonds. The first-order chi connectivity index (χ1) is 6.58. The summed E-state index contributed by atoms with van der Waals surface area (Å²) < 4.78 is -0.227. The average Bonchev–Trinajstić information content (AvgIpc) is 2.62. The summed E-state index contributed by atoms with van der Waals surface area (Å²) in [5.41, 5.74) is 0. The van der Waals surface area contributed by atoms with Gasteiger partial charge in [-0.25, -0.2) is 0 Å². The molecule has 2 N–H and O–H groups in total. The number of aliphatic hydroxyl groups excluding tert-OH is 1. The fraction of sp³-hybridized carbons (Fsp3) is 0.900. The van der Waals surface area contributed by atoms with Crippen LogP contribution in [-0.4, -0.2) is 34.7 Å². The highest BCUT2D eigenvalue weighted by molar-refractivity contribution is 8.01. The Morgan fingerprint density at radius 1 is 1.71 bits per heavy atom. The van der Waals surface area contributed by atoms with E-state index < -0.39 is 0 Å². The lowest BCUT2D eigenvalue weighted by Crippen LogP contribution is -2.42. The van der Waals surface area contributed by atoms with Crippen molar-refractivity contribution >= 4 is 17.7 Å². The van der Waals surface area contributed by atoms with Gasteiger partial charge in [-0.2, -0.15) is 0 Å². The molecule has 2 unspecified atom stereocenters. The van der Waals surface area contributed by atoms with E-state index in [1.54, 1.807) is 11.8 Å². The maximum atomic E-state index is 11.8. The van der Waals surface area contributed by atoms with Crippen LogP contribution in [0.5, 0.6) is 0 Å². The third-order valence-corrected chi connectivity index (χ3v) is 4.14. The lowest BCUT2D eigenvalue weighted by Gasteiger charge is -2.22. The molecule has 1 aliphatic heterocycles. The molecule has 0 aliphatic carbocycles. The Labute approximate surface area is 89.6 Å². The van der Waals surface area contributed by atoms with Crippen LogP contribution in [0.3, 0.4) is 0 Å². The fourth-order valence-electron chi connectivity index (χ4n) is 1.48. The molecule has 0 saturated carbocycles. The number of nitrogens with one attached hydrogen (secondary N) is 1. The van der Waals surface area contributed by atoms with Gasteiger partial charge in [0, 0.05) is 13.2 Å². The van der Waals surface area contributed by atoms with Crippen molar-refractivity contribution in [1.29, 1.82) is 0 Å². The quantitative estimate of drug-likeness (QED) is 0.739. The van der Waals surface area contributed by atoms with E-state index in [9.17, 15) is 4.79 Å². The van der Waals surface area contributed by atoms with Crippen LogP contribution in [0.2, 0.25) is 0 Å². The van der Waals surface area contributed by atoms with Gasteiger partial charge in [0.15, 0.2) is 0 Å². The smallest absolute Gasteiger partial charge is 0.235 e. The van der Waals surface area contributed by atoms with Crippen LogP contribution >= 0.6 is 11.8 Å². The zero-order valence-corrected chi connectivity index (χ0v) is 9.69. The Morgan fingerprint density at radius 3 is 2.93 bits per heavy atom. The lowest BCUT2D eigenvalue weighted by molar-refractivity contribution is -0.123. The number of hydrogen-bond acceptors (Lipinski definition) is 3. The number of thioether (sulfide) groups is 1. The van der Waals surface area contributed by atoms with Gasteiger partial charge >= 0.3 is 0 Å². The number of aliphatic hydroxyl groups is 1. The van der Waals surface area contributed by atoms with Crippen molar-refractivity contribution in [3.8, 4) is 0 Å². The van der Waals surface area contributed by atoms with E-state index in [0.29, 0.717) is 6.54 Å². The second kappa shape index (κ2) is 5.03. The summed E-state index contributed by atoms with van der Waals surface area (Å²) in [5, 5.41) is 11.7. The molecule has 1 rings (SSSR count). The van der Waals surface area contributed by atoms with Crippen molar-refractivity contribution in [2.75, 3.05) is 18.9 Å². The SMILES string of the molecule is CC(CO)CNC(=O)C1(C)CCCS1. The van der Waals surface area contributed by atoms with Gasteiger partial charge in [0.05, 0.1) is 4.75 Å². The molecule has 0 aromatic heterocycles. The van der Waals surface area contributed by atoms with E-state index in [1.807, 2.05) is 13.8 Å². The van der Waals surface area contributed by atoms with E-state index >= 15 is 0 Å². The van der Waals surface area contributed by atoms with E-state index in [2.05, 4.69) is 5.32 Å². The van der Waals surface area contributed by atoms with Crippen molar-refractivity contribution < 1.29 is 9.90 Å².